The van der Waals surface area contributed by atoms with Gasteiger partial charge in [0.25, 0.3) is 0 Å². The Morgan fingerprint density at radius 1 is 1.02 bits per heavy atom. The van der Waals surface area contributed by atoms with Crippen LogP contribution in [0.25, 0.3) is 11.2 Å². The molecule has 5 heterocycles. The summed E-state index contributed by atoms with van der Waals surface area (Å²) in [7, 11) is 0. The SMILES string of the molecule is O=C1CCCN1CCn1cnc2c(NCc3cccc(C(F)(F)F)c3)nc(N3CCC(N4CCOCC4)CC3)nc21. The van der Waals surface area contributed by atoms with E-state index in [0.29, 0.717) is 54.0 Å². The van der Waals surface area contributed by atoms with Crippen molar-refractivity contribution in [1.29, 1.82) is 0 Å². The van der Waals surface area contributed by atoms with E-state index in [2.05, 4.69) is 20.1 Å². The minimum atomic E-state index is -4.41. The molecule has 1 N–H and O–H groups in total. The van der Waals surface area contributed by atoms with Crippen molar-refractivity contribution in [3.8, 4) is 0 Å². The lowest BCUT2D eigenvalue weighted by atomic mass is 10.0. The van der Waals surface area contributed by atoms with Crippen molar-refractivity contribution in [2.75, 3.05) is 62.7 Å². The molecule has 3 aliphatic rings. The van der Waals surface area contributed by atoms with Crippen LogP contribution in [0, 0.1) is 0 Å². The van der Waals surface area contributed by atoms with Gasteiger partial charge in [0.1, 0.15) is 0 Å². The molecule has 220 valence electrons. The first-order valence-corrected chi connectivity index (χ1v) is 14.3. The van der Waals surface area contributed by atoms with Gasteiger partial charge in [-0.05, 0) is 37.0 Å². The number of benzene rings is 1. The molecule has 0 radical (unpaired) electrons. The van der Waals surface area contributed by atoms with E-state index >= 15 is 0 Å². The maximum atomic E-state index is 13.3. The summed E-state index contributed by atoms with van der Waals surface area (Å²) in [5, 5.41) is 3.23. The third kappa shape index (κ3) is 6.25. The van der Waals surface area contributed by atoms with Gasteiger partial charge in [0.15, 0.2) is 17.0 Å². The van der Waals surface area contributed by atoms with Crippen LogP contribution in [0.3, 0.4) is 0 Å². The number of ether oxygens (including phenoxy) is 1. The maximum absolute atomic E-state index is 13.3. The number of imidazole rings is 1. The highest BCUT2D eigenvalue weighted by molar-refractivity contribution is 5.84. The number of hydrogen-bond donors (Lipinski definition) is 1. The van der Waals surface area contributed by atoms with Gasteiger partial charge in [-0.1, -0.05) is 12.1 Å². The van der Waals surface area contributed by atoms with E-state index in [4.69, 9.17) is 14.7 Å². The van der Waals surface area contributed by atoms with Gasteiger partial charge >= 0.3 is 6.18 Å². The Balaban J connectivity index is 1.24. The van der Waals surface area contributed by atoms with E-state index in [1.807, 2.05) is 9.47 Å². The Labute approximate surface area is 236 Å². The number of alkyl halides is 3. The van der Waals surface area contributed by atoms with Gasteiger partial charge < -0.3 is 24.4 Å². The van der Waals surface area contributed by atoms with Crippen molar-refractivity contribution >= 4 is 28.8 Å². The van der Waals surface area contributed by atoms with Crippen LogP contribution in [0.5, 0.6) is 0 Å². The second kappa shape index (κ2) is 11.8. The standard InChI is InChI=1S/C28H35F3N8O2/c29-28(30,31)21-4-1-3-20(17-21)18-32-25-24-26(39(19-33-24)12-11-37-8-2-5-23(37)40)35-27(34-25)38-9-6-22(7-10-38)36-13-15-41-16-14-36/h1,3-4,17,19,22H,2,5-16,18H2,(H,32,34,35). The van der Waals surface area contributed by atoms with Crippen molar-refractivity contribution in [2.45, 2.75) is 51.0 Å². The Morgan fingerprint density at radius 3 is 2.56 bits per heavy atom. The molecule has 0 saturated carbocycles. The first-order chi connectivity index (χ1) is 19.8. The average Bonchev–Trinajstić information content (AvgIpc) is 3.60. The van der Waals surface area contributed by atoms with Crippen LogP contribution in [0.4, 0.5) is 24.9 Å². The molecule has 13 heteroatoms. The third-order valence-electron chi connectivity index (χ3n) is 8.26. The minimum Gasteiger partial charge on any atom is -0.379 e. The van der Waals surface area contributed by atoms with Crippen molar-refractivity contribution in [3.63, 3.8) is 0 Å². The lowest BCUT2D eigenvalue weighted by molar-refractivity contribution is -0.137. The van der Waals surface area contributed by atoms with E-state index in [1.54, 1.807) is 12.4 Å². The van der Waals surface area contributed by atoms with Crippen molar-refractivity contribution < 1.29 is 22.7 Å². The number of likely N-dealkylation sites (tertiary alicyclic amines) is 1. The number of morpholine rings is 1. The molecule has 10 nitrogen and oxygen atoms in total. The zero-order valence-electron chi connectivity index (χ0n) is 22.9. The molecule has 2 aromatic heterocycles. The summed E-state index contributed by atoms with van der Waals surface area (Å²) < 4.78 is 47.2. The Bertz CT molecular complexity index is 1370. The highest BCUT2D eigenvalue weighted by Crippen LogP contribution is 2.30. The molecule has 3 fully saturated rings. The molecular formula is C28H35F3N8O2. The Kier molecular flexibility index (Phi) is 7.98. The van der Waals surface area contributed by atoms with Gasteiger partial charge in [-0.3, -0.25) is 9.69 Å². The number of piperidine rings is 1. The Morgan fingerprint density at radius 2 is 1.83 bits per heavy atom. The smallest absolute Gasteiger partial charge is 0.379 e. The van der Waals surface area contributed by atoms with Crippen molar-refractivity contribution in [2.24, 2.45) is 0 Å². The number of amides is 1. The number of fused-ring (bicyclic) bond motifs is 1. The molecule has 0 atom stereocenters. The first kappa shape index (κ1) is 27.7. The number of carbonyl (C=O) groups is 1. The first-order valence-electron chi connectivity index (χ1n) is 14.3. The van der Waals surface area contributed by atoms with Gasteiger partial charge in [0, 0.05) is 64.8 Å². The second-order valence-corrected chi connectivity index (χ2v) is 10.9. The highest BCUT2D eigenvalue weighted by atomic mass is 19.4. The molecule has 0 spiro atoms. The monoisotopic (exact) mass is 572 g/mol. The van der Waals surface area contributed by atoms with Crippen molar-refractivity contribution in [3.05, 3.63) is 41.7 Å². The molecule has 3 aromatic rings. The maximum Gasteiger partial charge on any atom is 0.416 e. The van der Waals surface area contributed by atoms with E-state index in [9.17, 15) is 18.0 Å². The molecule has 3 saturated heterocycles. The quantitative estimate of drug-likeness (QED) is 0.440. The fourth-order valence-corrected chi connectivity index (χ4v) is 5.95. The molecule has 0 bridgehead atoms. The van der Waals surface area contributed by atoms with E-state index in [-0.39, 0.29) is 12.5 Å². The van der Waals surface area contributed by atoms with Crippen LogP contribution < -0.4 is 10.2 Å². The minimum absolute atomic E-state index is 0.156. The molecule has 1 amide bonds. The third-order valence-corrected chi connectivity index (χ3v) is 8.26. The molecule has 0 aliphatic carbocycles. The summed E-state index contributed by atoms with van der Waals surface area (Å²) in [5.74, 6) is 1.22. The molecule has 0 unspecified atom stereocenters. The molecule has 41 heavy (non-hydrogen) atoms. The molecule has 1 aromatic carbocycles. The van der Waals surface area contributed by atoms with Crippen molar-refractivity contribution in [1.82, 2.24) is 29.3 Å². The molecule has 3 aliphatic heterocycles. The largest absolute Gasteiger partial charge is 0.416 e. The average molecular weight is 573 g/mol. The number of nitrogens with zero attached hydrogens (tertiary/aromatic N) is 7. The number of hydrogen-bond acceptors (Lipinski definition) is 8. The Hall–Kier alpha value is -3.45. The molecular weight excluding hydrogens is 537 g/mol. The zero-order chi connectivity index (χ0) is 28.4. The lowest BCUT2D eigenvalue weighted by Crippen LogP contribution is -2.49. The van der Waals surface area contributed by atoms with Crippen LogP contribution in [0.15, 0.2) is 30.6 Å². The summed E-state index contributed by atoms with van der Waals surface area (Å²) in [4.78, 5) is 33.0. The predicted octanol–water partition coefficient (Wildman–Crippen LogP) is 3.38. The van der Waals surface area contributed by atoms with Crippen LogP contribution in [-0.2, 0) is 28.8 Å². The number of rotatable bonds is 8. The number of anilines is 2. The fraction of sp³-hybridized carbons (Fsp3) is 0.571. The normalized spacial score (nSPS) is 19.4. The van der Waals surface area contributed by atoms with Gasteiger partial charge in [-0.2, -0.15) is 23.1 Å². The fourth-order valence-electron chi connectivity index (χ4n) is 5.95. The van der Waals surface area contributed by atoms with E-state index < -0.39 is 11.7 Å². The van der Waals surface area contributed by atoms with Crippen LogP contribution in [0.1, 0.15) is 36.8 Å². The summed E-state index contributed by atoms with van der Waals surface area (Å²) in [6.45, 7) is 7.09. The zero-order valence-corrected chi connectivity index (χ0v) is 22.9. The number of halogens is 3. The second-order valence-electron chi connectivity index (χ2n) is 10.9. The summed E-state index contributed by atoms with van der Waals surface area (Å²) in [6.07, 6.45) is 0.730. The van der Waals surface area contributed by atoms with Gasteiger partial charge in [0.05, 0.1) is 25.1 Å². The number of carbonyl (C=O) groups excluding carboxylic acids is 1. The van der Waals surface area contributed by atoms with E-state index in [1.165, 1.54) is 6.07 Å². The van der Waals surface area contributed by atoms with Crippen LogP contribution in [-0.4, -0.2) is 93.8 Å². The van der Waals surface area contributed by atoms with Gasteiger partial charge in [0.2, 0.25) is 11.9 Å². The molecule has 6 rings (SSSR count). The summed E-state index contributed by atoms with van der Waals surface area (Å²) in [6, 6.07) is 5.78. The number of nitrogens with one attached hydrogen (secondary N) is 1. The summed E-state index contributed by atoms with van der Waals surface area (Å²) >= 11 is 0. The highest BCUT2D eigenvalue weighted by Gasteiger charge is 2.31. The lowest BCUT2D eigenvalue weighted by Gasteiger charge is -2.40. The predicted molar refractivity (Wildman–Crippen MR) is 148 cm³/mol. The number of aromatic nitrogens is 4. The van der Waals surface area contributed by atoms with Crippen LogP contribution >= 0.6 is 0 Å². The van der Waals surface area contributed by atoms with Crippen LogP contribution in [0.2, 0.25) is 0 Å². The summed E-state index contributed by atoms with van der Waals surface area (Å²) in [5.41, 5.74) is 1.00. The van der Waals surface area contributed by atoms with Gasteiger partial charge in [-0.25, -0.2) is 4.98 Å². The van der Waals surface area contributed by atoms with Gasteiger partial charge in [-0.15, -0.1) is 0 Å². The van der Waals surface area contributed by atoms with E-state index in [0.717, 1.165) is 77.3 Å². The topological polar surface area (TPSA) is 91.7 Å².